The molecule has 0 aromatic heterocycles. The van der Waals surface area contributed by atoms with Crippen LogP contribution in [0.2, 0.25) is 0 Å². The van der Waals surface area contributed by atoms with Gasteiger partial charge in [0.05, 0.1) is 12.3 Å². The third-order valence-corrected chi connectivity index (χ3v) is 2.84. The fourth-order valence-electron chi connectivity index (χ4n) is 1.85. The van der Waals surface area contributed by atoms with Gasteiger partial charge in [0.15, 0.2) is 6.61 Å². The maximum Gasteiger partial charge on any atom is 0.265 e. The smallest absolute Gasteiger partial charge is 0.265 e. The van der Waals surface area contributed by atoms with Crippen molar-refractivity contribution in [2.24, 2.45) is 5.73 Å². The molecular formula is C12H17N3O3. The van der Waals surface area contributed by atoms with Gasteiger partial charge >= 0.3 is 0 Å². The SMILES string of the molecule is CNc1ccc2c(c1)N(CC(N)CO)C(=O)CO2. The molecule has 2 rings (SSSR count). The lowest BCUT2D eigenvalue weighted by Gasteiger charge is -2.31. The van der Waals surface area contributed by atoms with Gasteiger partial charge in [0.2, 0.25) is 0 Å². The lowest BCUT2D eigenvalue weighted by Crippen LogP contribution is -2.46. The van der Waals surface area contributed by atoms with Gasteiger partial charge in [-0.05, 0) is 18.2 Å². The van der Waals surface area contributed by atoms with E-state index < -0.39 is 6.04 Å². The van der Waals surface area contributed by atoms with Crippen molar-refractivity contribution in [2.75, 3.05) is 37.0 Å². The van der Waals surface area contributed by atoms with Crippen LogP contribution >= 0.6 is 0 Å². The number of fused-ring (bicyclic) bond motifs is 1. The summed E-state index contributed by atoms with van der Waals surface area (Å²) in [4.78, 5) is 13.4. The Hall–Kier alpha value is -1.79. The lowest BCUT2D eigenvalue weighted by molar-refractivity contribution is -0.121. The van der Waals surface area contributed by atoms with Gasteiger partial charge in [-0.2, -0.15) is 0 Å². The van der Waals surface area contributed by atoms with Gasteiger partial charge in [-0.3, -0.25) is 4.79 Å². The van der Waals surface area contributed by atoms with Gasteiger partial charge in [0, 0.05) is 25.3 Å². The van der Waals surface area contributed by atoms with E-state index in [0.717, 1.165) is 5.69 Å². The van der Waals surface area contributed by atoms with Crippen molar-refractivity contribution in [3.8, 4) is 5.75 Å². The monoisotopic (exact) mass is 251 g/mol. The number of nitrogens with zero attached hydrogens (tertiary/aromatic N) is 1. The Bertz CT molecular complexity index is 450. The van der Waals surface area contributed by atoms with Crippen molar-refractivity contribution >= 4 is 17.3 Å². The number of nitrogens with one attached hydrogen (secondary N) is 1. The Morgan fingerprint density at radius 1 is 1.61 bits per heavy atom. The number of anilines is 2. The zero-order valence-electron chi connectivity index (χ0n) is 10.2. The Morgan fingerprint density at radius 2 is 2.39 bits per heavy atom. The molecule has 0 spiro atoms. The second-order valence-corrected chi connectivity index (χ2v) is 4.17. The van der Waals surface area contributed by atoms with Crippen LogP contribution in [0.25, 0.3) is 0 Å². The number of benzene rings is 1. The van der Waals surface area contributed by atoms with E-state index in [2.05, 4.69) is 5.32 Å². The minimum absolute atomic E-state index is 0.00402. The zero-order valence-corrected chi connectivity index (χ0v) is 10.2. The summed E-state index contributed by atoms with van der Waals surface area (Å²) >= 11 is 0. The number of aliphatic hydroxyl groups is 1. The quantitative estimate of drug-likeness (QED) is 0.688. The van der Waals surface area contributed by atoms with E-state index in [1.54, 1.807) is 11.9 Å². The van der Waals surface area contributed by atoms with Crippen molar-refractivity contribution in [3.05, 3.63) is 18.2 Å². The summed E-state index contributed by atoms with van der Waals surface area (Å²) in [5, 5.41) is 12.0. The molecule has 1 heterocycles. The van der Waals surface area contributed by atoms with Crippen molar-refractivity contribution in [2.45, 2.75) is 6.04 Å². The summed E-state index contributed by atoms with van der Waals surface area (Å²) in [6.45, 7) is 0.120. The predicted molar refractivity (Wildman–Crippen MR) is 68.9 cm³/mol. The summed E-state index contributed by atoms with van der Waals surface area (Å²) in [5.74, 6) is 0.499. The Kier molecular flexibility index (Phi) is 3.69. The summed E-state index contributed by atoms with van der Waals surface area (Å²) in [6, 6.07) is 5.05. The number of ether oxygens (including phenoxy) is 1. The van der Waals surface area contributed by atoms with Gasteiger partial charge in [0.1, 0.15) is 5.75 Å². The maximum absolute atomic E-state index is 11.9. The van der Waals surface area contributed by atoms with Crippen LogP contribution in [-0.2, 0) is 4.79 Å². The third kappa shape index (κ3) is 2.39. The second-order valence-electron chi connectivity index (χ2n) is 4.17. The molecule has 6 nitrogen and oxygen atoms in total. The Morgan fingerprint density at radius 3 is 3.06 bits per heavy atom. The molecule has 1 atom stereocenters. The maximum atomic E-state index is 11.9. The molecule has 1 aromatic carbocycles. The average molecular weight is 251 g/mol. The molecular weight excluding hydrogens is 234 g/mol. The number of carbonyl (C=O) groups excluding carboxylic acids is 1. The lowest BCUT2D eigenvalue weighted by atomic mass is 10.2. The fraction of sp³-hybridized carbons (Fsp3) is 0.417. The number of hydrogen-bond acceptors (Lipinski definition) is 5. The van der Waals surface area contributed by atoms with Gasteiger partial charge in [0.25, 0.3) is 5.91 Å². The van der Waals surface area contributed by atoms with E-state index in [1.807, 2.05) is 18.2 Å². The zero-order chi connectivity index (χ0) is 13.1. The highest BCUT2D eigenvalue weighted by Crippen LogP contribution is 2.34. The highest BCUT2D eigenvalue weighted by Gasteiger charge is 2.26. The van der Waals surface area contributed by atoms with Crippen LogP contribution < -0.4 is 20.7 Å². The molecule has 1 unspecified atom stereocenters. The molecule has 18 heavy (non-hydrogen) atoms. The van der Waals surface area contributed by atoms with Gasteiger partial charge in [-0.25, -0.2) is 0 Å². The van der Waals surface area contributed by atoms with E-state index in [1.165, 1.54) is 0 Å². The largest absolute Gasteiger partial charge is 0.482 e. The molecule has 0 aliphatic carbocycles. The standard InChI is InChI=1S/C12H17N3O3/c1-14-9-2-3-11-10(4-9)15(5-8(13)6-16)12(17)7-18-11/h2-4,8,14,16H,5-7,13H2,1H3. The Labute approximate surface area is 105 Å². The van der Waals surface area contributed by atoms with Crippen LogP contribution in [0.4, 0.5) is 11.4 Å². The van der Waals surface area contributed by atoms with Crippen molar-refractivity contribution < 1.29 is 14.6 Å². The molecule has 1 aliphatic heterocycles. The molecule has 1 aliphatic rings. The van der Waals surface area contributed by atoms with Crippen LogP contribution in [0.1, 0.15) is 0 Å². The van der Waals surface area contributed by atoms with Crippen LogP contribution in [0.5, 0.6) is 5.75 Å². The predicted octanol–water partition coefficient (Wildman–Crippen LogP) is -0.227. The molecule has 1 aromatic rings. The topological polar surface area (TPSA) is 87.8 Å². The first kappa shape index (κ1) is 12.7. The van der Waals surface area contributed by atoms with Crippen molar-refractivity contribution in [1.29, 1.82) is 0 Å². The molecule has 0 saturated carbocycles. The highest BCUT2D eigenvalue weighted by molar-refractivity contribution is 5.98. The van der Waals surface area contributed by atoms with Crippen LogP contribution in [0.3, 0.4) is 0 Å². The number of hydrogen-bond donors (Lipinski definition) is 3. The molecule has 0 saturated heterocycles. The van der Waals surface area contributed by atoms with Gasteiger partial charge in [-0.15, -0.1) is 0 Å². The first-order valence-electron chi connectivity index (χ1n) is 5.77. The van der Waals surface area contributed by atoms with Gasteiger partial charge < -0.3 is 25.8 Å². The summed E-state index contributed by atoms with van der Waals surface area (Å²) in [5.41, 5.74) is 7.26. The fourth-order valence-corrected chi connectivity index (χ4v) is 1.85. The number of aliphatic hydroxyl groups excluding tert-OH is 1. The van der Waals surface area contributed by atoms with Crippen LogP contribution in [0, 0.1) is 0 Å². The van der Waals surface area contributed by atoms with E-state index in [-0.39, 0.29) is 25.7 Å². The van der Waals surface area contributed by atoms with Crippen molar-refractivity contribution in [3.63, 3.8) is 0 Å². The average Bonchev–Trinajstić information content (AvgIpc) is 2.41. The summed E-state index contributed by atoms with van der Waals surface area (Å²) < 4.78 is 5.36. The second kappa shape index (κ2) is 5.24. The molecule has 1 amide bonds. The first-order valence-corrected chi connectivity index (χ1v) is 5.77. The van der Waals surface area contributed by atoms with Crippen LogP contribution in [-0.4, -0.2) is 43.9 Å². The number of nitrogens with two attached hydrogens (primary N) is 1. The van der Waals surface area contributed by atoms with E-state index >= 15 is 0 Å². The van der Waals surface area contributed by atoms with Crippen LogP contribution in [0.15, 0.2) is 18.2 Å². The van der Waals surface area contributed by atoms with E-state index in [9.17, 15) is 4.79 Å². The van der Waals surface area contributed by atoms with Crippen molar-refractivity contribution in [1.82, 2.24) is 0 Å². The number of amides is 1. The molecule has 6 heteroatoms. The summed E-state index contributed by atoms with van der Waals surface area (Å²) in [6.07, 6.45) is 0. The molecule has 4 N–H and O–H groups in total. The number of rotatable bonds is 4. The molecule has 0 fully saturated rings. The normalized spacial score (nSPS) is 15.9. The minimum atomic E-state index is -0.460. The first-order chi connectivity index (χ1) is 8.65. The highest BCUT2D eigenvalue weighted by atomic mass is 16.5. The minimum Gasteiger partial charge on any atom is -0.482 e. The summed E-state index contributed by atoms with van der Waals surface area (Å²) in [7, 11) is 1.80. The van der Waals surface area contributed by atoms with Gasteiger partial charge in [-0.1, -0.05) is 0 Å². The Balaban J connectivity index is 2.32. The van der Waals surface area contributed by atoms with E-state index in [0.29, 0.717) is 11.4 Å². The molecule has 98 valence electrons. The van der Waals surface area contributed by atoms with E-state index in [4.69, 9.17) is 15.6 Å². The third-order valence-electron chi connectivity index (χ3n) is 2.84. The number of carbonyl (C=O) groups is 1. The molecule has 0 bridgehead atoms. The molecule has 0 radical (unpaired) electrons.